The molecule has 1 aromatic heterocycles. The van der Waals surface area contributed by atoms with E-state index in [1.807, 2.05) is 31.2 Å². The molecule has 106 valence electrons. The van der Waals surface area contributed by atoms with Crippen LogP contribution in [0.1, 0.15) is 30.8 Å². The van der Waals surface area contributed by atoms with Crippen molar-refractivity contribution in [2.45, 2.75) is 26.8 Å². The molecule has 0 radical (unpaired) electrons. The van der Waals surface area contributed by atoms with E-state index >= 15 is 0 Å². The van der Waals surface area contributed by atoms with Gasteiger partial charge in [-0.25, -0.2) is 0 Å². The molecule has 2 rings (SSSR count). The summed E-state index contributed by atoms with van der Waals surface area (Å²) in [6, 6.07) is 9.43. The Balaban J connectivity index is 2.15. The lowest BCUT2D eigenvalue weighted by atomic mass is 10.2. The zero-order valence-corrected chi connectivity index (χ0v) is 11.9. The van der Waals surface area contributed by atoms with Crippen molar-refractivity contribution in [3.05, 3.63) is 42.2 Å². The summed E-state index contributed by atoms with van der Waals surface area (Å²) in [5, 5.41) is 10.3. The maximum Gasteiger partial charge on any atom is 0.273 e. The molecule has 2 aromatic rings. The molecule has 0 aliphatic heterocycles. The van der Waals surface area contributed by atoms with Crippen LogP contribution in [0.3, 0.4) is 0 Å². The molecule has 0 unspecified atom stereocenters. The fourth-order valence-corrected chi connectivity index (χ4v) is 1.97. The largest absolute Gasteiger partial charge is 0.383 e. The highest BCUT2D eigenvalue weighted by atomic mass is 16.2. The van der Waals surface area contributed by atoms with Gasteiger partial charge < -0.3 is 10.6 Å². The van der Waals surface area contributed by atoms with Crippen LogP contribution in [-0.4, -0.2) is 22.2 Å². The van der Waals surface area contributed by atoms with Crippen molar-refractivity contribution in [2.75, 3.05) is 17.2 Å². The lowest BCUT2D eigenvalue weighted by molar-refractivity contribution is 0.101. The lowest BCUT2D eigenvalue weighted by Gasteiger charge is -2.12. The van der Waals surface area contributed by atoms with Crippen molar-refractivity contribution in [2.24, 2.45) is 0 Å². The maximum atomic E-state index is 12.3. The number of para-hydroxylation sites is 2. The molecule has 0 saturated carbocycles. The summed E-state index contributed by atoms with van der Waals surface area (Å²) in [5.74, 6) is -0.143. The molecule has 0 spiro atoms. The summed E-state index contributed by atoms with van der Waals surface area (Å²) in [7, 11) is 0. The van der Waals surface area contributed by atoms with Crippen molar-refractivity contribution in [1.29, 1.82) is 0 Å². The second kappa shape index (κ2) is 6.75. The number of carbonyl (C=O) groups is 1. The third-order valence-electron chi connectivity index (χ3n) is 2.99. The summed E-state index contributed by atoms with van der Waals surface area (Å²) in [5.41, 5.74) is 2.29. The first-order chi connectivity index (χ1) is 9.76. The van der Waals surface area contributed by atoms with E-state index in [9.17, 15) is 4.79 Å². The molecule has 0 aliphatic carbocycles. The number of nitrogens with zero attached hydrogens (tertiary/aromatic N) is 2. The van der Waals surface area contributed by atoms with Crippen molar-refractivity contribution < 1.29 is 4.79 Å². The van der Waals surface area contributed by atoms with Crippen molar-refractivity contribution in [3.63, 3.8) is 0 Å². The van der Waals surface area contributed by atoms with Crippen molar-refractivity contribution >= 4 is 17.3 Å². The molecule has 20 heavy (non-hydrogen) atoms. The third kappa shape index (κ3) is 3.17. The van der Waals surface area contributed by atoms with Gasteiger partial charge in [-0.05, 0) is 31.5 Å². The standard InChI is InChI=1S/C15H20N4O/c1-3-10-16-12-7-5-6-8-13(12)18-15(20)14-9-11-17-19(14)4-2/h5-9,11,16H,3-4,10H2,1-2H3,(H,18,20). The molecule has 0 aliphatic rings. The van der Waals surface area contributed by atoms with E-state index in [2.05, 4.69) is 22.7 Å². The van der Waals surface area contributed by atoms with E-state index < -0.39 is 0 Å². The summed E-state index contributed by atoms with van der Waals surface area (Å²) in [6.07, 6.45) is 2.67. The number of benzene rings is 1. The highest BCUT2D eigenvalue weighted by molar-refractivity contribution is 6.04. The molecule has 2 N–H and O–H groups in total. The molecule has 0 fully saturated rings. The quantitative estimate of drug-likeness (QED) is 0.850. The van der Waals surface area contributed by atoms with Gasteiger partial charge in [-0.15, -0.1) is 0 Å². The van der Waals surface area contributed by atoms with Crippen LogP contribution in [0.15, 0.2) is 36.5 Å². The molecule has 0 atom stereocenters. The zero-order chi connectivity index (χ0) is 14.4. The summed E-state index contributed by atoms with van der Waals surface area (Å²) < 4.78 is 1.68. The first-order valence-electron chi connectivity index (χ1n) is 6.92. The lowest BCUT2D eigenvalue weighted by Crippen LogP contribution is -2.18. The molecule has 0 bridgehead atoms. The van der Waals surface area contributed by atoms with E-state index in [0.717, 1.165) is 24.3 Å². The van der Waals surface area contributed by atoms with Gasteiger partial charge in [0.25, 0.3) is 5.91 Å². The second-order valence-corrected chi connectivity index (χ2v) is 4.46. The molecule has 1 heterocycles. The van der Waals surface area contributed by atoms with E-state index in [1.165, 1.54) is 0 Å². The minimum absolute atomic E-state index is 0.143. The van der Waals surface area contributed by atoms with Gasteiger partial charge >= 0.3 is 0 Å². The fourth-order valence-electron chi connectivity index (χ4n) is 1.97. The molecule has 5 nitrogen and oxygen atoms in total. The highest BCUT2D eigenvalue weighted by Crippen LogP contribution is 2.21. The van der Waals surface area contributed by atoms with Gasteiger partial charge in [0, 0.05) is 19.3 Å². The molecule has 5 heteroatoms. The van der Waals surface area contributed by atoms with Gasteiger partial charge in [0.05, 0.1) is 11.4 Å². The van der Waals surface area contributed by atoms with E-state index in [4.69, 9.17) is 0 Å². The number of aromatic nitrogens is 2. The van der Waals surface area contributed by atoms with Gasteiger partial charge in [0.15, 0.2) is 0 Å². The van der Waals surface area contributed by atoms with Crippen LogP contribution < -0.4 is 10.6 Å². The summed E-state index contributed by atoms with van der Waals surface area (Å²) in [6.45, 7) is 5.61. The van der Waals surface area contributed by atoms with Gasteiger partial charge in [-0.1, -0.05) is 19.1 Å². The Morgan fingerprint density at radius 3 is 2.65 bits per heavy atom. The second-order valence-electron chi connectivity index (χ2n) is 4.46. The predicted molar refractivity (Wildman–Crippen MR) is 81.1 cm³/mol. The number of hydrogen-bond donors (Lipinski definition) is 2. The Bertz CT molecular complexity index is 577. The van der Waals surface area contributed by atoms with E-state index in [-0.39, 0.29) is 5.91 Å². The SMILES string of the molecule is CCCNc1ccccc1NC(=O)c1ccnn1CC. The first kappa shape index (κ1) is 14.1. The number of anilines is 2. The first-order valence-corrected chi connectivity index (χ1v) is 6.92. The number of hydrogen-bond acceptors (Lipinski definition) is 3. The smallest absolute Gasteiger partial charge is 0.273 e. The van der Waals surface area contributed by atoms with Crippen LogP contribution in [-0.2, 0) is 6.54 Å². The normalized spacial score (nSPS) is 10.3. The third-order valence-corrected chi connectivity index (χ3v) is 2.99. The molecule has 0 saturated heterocycles. The topological polar surface area (TPSA) is 58.9 Å². The average Bonchev–Trinajstić information content (AvgIpc) is 2.95. The molecule has 1 aromatic carbocycles. The van der Waals surface area contributed by atoms with Crippen LogP contribution in [0.25, 0.3) is 0 Å². The van der Waals surface area contributed by atoms with Crippen LogP contribution in [0.5, 0.6) is 0 Å². The van der Waals surface area contributed by atoms with E-state index in [1.54, 1.807) is 16.9 Å². The van der Waals surface area contributed by atoms with Crippen molar-refractivity contribution in [3.8, 4) is 0 Å². The van der Waals surface area contributed by atoms with Crippen LogP contribution in [0.4, 0.5) is 11.4 Å². The van der Waals surface area contributed by atoms with Gasteiger partial charge in [-0.3, -0.25) is 9.48 Å². The summed E-state index contributed by atoms with van der Waals surface area (Å²) in [4.78, 5) is 12.3. The predicted octanol–water partition coefficient (Wildman–Crippen LogP) is 2.98. The maximum absolute atomic E-state index is 12.3. The van der Waals surface area contributed by atoms with Crippen LogP contribution >= 0.6 is 0 Å². The summed E-state index contributed by atoms with van der Waals surface area (Å²) >= 11 is 0. The average molecular weight is 272 g/mol. The Morgan fingerprint density at radius 1 is 1.20 bits per heavy atom. The number of rotatable bonds is 6. The van der Waals surface area contributed by atoms with Gasteiger partial charge in [-0.2, -0.15) is 5.10 Å². The molecular formula is C15H20N4O. The molecule has 1 amide bonds. The van der Waals surface area contributed by atoms with Crippen LogP contribution in [0.2, 0.25) is 0 Å². The van der Waals surface area contributed by atoms with E-state index in [0.29, 0.717) is 12.2 Å². The molecular weight excluding hydrogens is 252 g/mol. The number of amides is 1. The Labute approximate surface area is 119 Å². The number of carbonyl (C=O) groups excluding carboxylic acids is 1. The van der Waals surface area contributed by atoms with Gasteiger partial charge in [0.2, 0.25) is 0 Å². The number of aryl methyl sites for hydroxylation is 1. The zero-order valence-electron chi connectivity index (χ0n) is 11.9. The number of nitrogens with one attached hydrogen (secondary N) is 2. The van der Waals surface area contributed by atoms with Gasteiger partial charge in [0.1, 0.15) is 5.69 Å². The van der Waals surface area contributed by atoms with Crippen molar-refractivity contribution in [1.82, 2.24) is 9.78 Å². The minimum atomic E-state index is -0.143. The Hall–Kier alpha value is -2.30. The Morgan fingerprint density at radius 2 is 1.95 bits per heavy atom. The van der Waals surface area contributed by atoms with Crippen LogP contribution in [0, 0.1) is 0 Å². The fraction of sp³-hybridized carbons (Fsp3) is 0.333. The highest BCUT2D eigenvalue weighted by Gasteiger charge is 2.12. The Kier molecular flexibility index (Phi) is 4.76. The monoisotopic (exact) mass is 272 g/mol. The minimum Gasteiger partial charge on any atom is -0.383 e.